The zero-order valence-electron chi connectivity index (χ0n) is 8.90. The highest BCUT2D eigenvalue weighted by Gasteiger charge is 2.19. The fraction of sp³-hybridized carbons (Fsp3) is 0.900. The van der Waals surface area contributed by atoms with Crippen LogP contribution in [0, 0.1) is 11.3 Å². The molecule has 12 heavy (non-hydrogen) atoms. The Kier molecular flexibility index (Phi) is 4.29. The predicted molar refractivity (Wildman–Crippen MR) is 51.9 cm³/mol. The summed E-state index contributed by atoms with van der Waals surface area (Å²) in [5, 5.41) is 2.81. The average Bonchev–Trinajstić information content (AvgIpc) is 1.84. The van der Waals surface area contributed by atoms with E-state index >= 15 is 0 Å². The van der Waals surface area contributed by atoms with Crippen molar-refractivity contribution in [1.82, 2.24) is 5.32 Å². The average molecular weight is 171 g/mol. The van der Waals surface area contributed by atoms with E-state index in [9.17, 15) is 4.79 Å². The first-order valence-corrected chi connectivity index (χ1v) is 4.58. The van der Waals surface area contributed by atoms with E-state index in [2.05, 4.69) is 33.0 Å². The third kappa shape index (κ3) is 5.16. The van der Waals surface area contributed by atoms with Gasteiger partial charge in [0, 0.05) is 13.5 Å². The Labute approximate surface area is 75.7 Å². The lowest BCUT2D eigenvalue weighted by Crippen LogP contribution is -2.26. The van der Waals surface area contributed by atoms with E-state index in [1.54, 1.807) is 6.92 Å². The van der Waals surface area contributed by atoms with Crippen LogP contribution in [-0.4, -0.2) is 12.5 Å². The summed E-state index contributed by atoms with van der Waals surface area (Å²) >= 11 is 0. The summed E-state index contributed by atoms with van der Waals surface area (Å²) in [6, 6.07) is 0. The van der Waals surface area contributed by atoms with Crippen molar-refractivity contribution in [2.75, 3.05) is 6.54 Å². The minimum Gasteiger partial charge on any atom is -0.356 e. The van der Waals surface area contributed by atoms with Crippen molar-refractivity contribution >= 4 is 5.91 Å². The van der Waals surface area contributed by atoms with E-state index in [1.807, 2.05) is 0 Å². The number of hydrogen-bond donors (Lipinski definition) is 1. The summed E-state index contributed by atoms with van der Waals surface area (Å²) < 4.78 is 0. The topological polar surface area (TPSA) is 29.1 Å². The molecule has 2 nitrogen and oxygen atoms in total. The monoisotopic (exact) mass is 171 g/mol. The molecule has 0 radical (unpaired) electrons. The van der Waals surface area contributed by atoms with Crippen molar-refractivity contribution in [2.24, 2.45) is 11.3 Å². The molecule has 0 aliphatic rings. The first-order valence-electron chi connectivity index (χ1n) is 4.58. The second-order valence-corrected chi connectivity index (χ2v) is 4.54. The fourth-order valence-corrected chi connectivity index (χ4v) is 0.898. The first-order chi connectivity index (χ1) is 5.34. The summed E-state index contributed by atoms with van der Waals surface area (Å²) in [6.45, 7) is 11.3. The van der Waals surface area contributed by atoms with Gasteiger partial charge in [0.25, 0.3) is 0 Å². The Morgan fingerprint density at radius 2 is 1.92 bits per heavy atom. The molecule has 0 saturated carbocycles. The maximum Gasteiger partial charge on any atom is 0.216 e. The maximum atomic E-state index is 10.6. The Bertz CT molecular complexity index is 146. The summed E-state index contributed by atoms with van der Waals surface area (Å²) in [5.41, 5.74) is 0.346. The number of nitrogens with one attached hydrogen (secondary N) is 1. The number of carbonyl (C=O) groups excluding carboxylic acids is 1. The summed E-state index contributed by atoms with van der Waals surface area (Å²) in [6.07, 6.45) is 1.06. The summed E-state index contributed by atoms with van der Waals surface area (Å²) in [5.74, 6) is 0.709. The molecule has 1 amide bonds. The van der Waals surface area contributed by atoms with Crippen molar-refractivity contribution in [2.45, 2.75) is 41.0 Å². The molecule has 72 valence electrons. The van der Waals surface area contributed by atoms with E-state index in [4.69, 9.17) is 0 Å². The Morgan fingerprint density at radius 3 is 2.25 bits per heavy atom. The van der Waals surface area contributed by atoms with Crippen LogP contribution < -0.4 is 5.32 Å². The van der Waals surface area contributed by atoms with Gasteiger partial charge in [-0.1, -0.05) is 27.7 Å². The molecule has 0 heterocycles. The Hall–Kier alpha value is -0.530. The molecule has 0 aliphatic carbocycles. The number of carbonyl (C=O) groups is 1. The van der Waals surface area contributed by atoms with Gasteiger partial charge >= 0.3 is 0 Å². The van der Waals surface area contributed by atoms with E-state index in [-0.39, 0.29) is 5.91 Å². The van der Waals surface area contributed by atoms with Gasteiger partial charge in [-0.15, -0.1) is 0 Å². The fourth-order valence-electron chi connectivity index (χ4n) is 0.898. The van der Waals surface area contributed by atoms with Gasteiger partial charge in [0.05, 0.1) is 0 Å². The standard InChI is InChI=1S/C10H21NO/c1-8(10(3,4)5)6-7-11-9(2)12/h8H,6-7H2,1-5H3,(H,11,12)/t8-/m0/s1. The first kappa shape index (κ1) is 11.5. The number of hydrogen-bond acceptors (Lipinski definition) is 1. The van der Waals surface area contributed by atoms with Crippen molar-refractivity contribution < 1.29 is 4.79 Å². The van der Waals surface area contributed by atoms with Crippen molar-refractivity contribution in [3.63, 3.8) is 0 Å². The minimum atomic E-state index is 0.0658. The lowest BCUT2D eigenvalue weighted by atomic mass is 9.80. The SMILES string of the molecule is CC(=O)NCC[C@H](C)C(C)(C)C. The minimum absolute atomic E-state index is 0.0658. The highest BCUT2D eigenvalue weighted by molar-refractivity contribution is 5.72. The van der Waals surface area contributed by atoms with Crippen molar-refractivity contribution in [3.8, 4) is 0 Å². The highest BCUT2D eigenvalue weighted by Crippen LogP contribution is 2.27. The third-order valence-electron chi connectivity index (χ3n) is 2.43. The van der Waals surface area contributed by atoms with Crippen LogP contribution in [0.3, 0.4) is 0 Å². The van der Waals surface area contributed by atoms with E-state index < -0.39 is 0 Å². The molecule has 2 heteroatoms. The zero-order valence-corrected chi connectivity index (χ0v) is 8.90. The van der Waals surface area contributed by atoms with Gasteiger partial charge in [0.2, 0.25) is 5.91 Å². The van der Waals surface area contributed by atoms with Crippen LogP contribution in [-0.2, 0) is 4.79 Å². The van der Waals surface area contributed by atoms with Crippen LogP contribution in [0.2, 0.25) is 0 Å². The van der Waals surface area contributed by atoms with Crippen LogP contribution in [0.5, 0.6) is 0 Å². The van der Waals surface area contributed by atoms with Gasteiger partial charge in [-0.2, -0.15) is 0 Å². The largest absolute Gasteiger partial charge is 0.356 e. The molecule has 0 aromatic rings. The zero-order chi connectivity index (χ0) is 9.78. The van der Waals surface area contributed by atoms with Gasteiger partial charge in [0.1, 0.15) is 0 Å². The molecule has 0 rings (SSSR count). The van der Waals surface area contributed by atoms with Crippen LogP contribution in [0.1, 0.15) is 41.0 Å². The van der Waals surface area contributed by atoms with E-state index in [0.29, 0.717) is 11.3 Å². The molecule has 0 aromatic carbocycles. The number of rotatable bonds is 3. The molecule has 0 fully saturated rings. The smallest absolute Gasteiger partial charge is 0.216 e. The lowest BCUT2D eigenvalue weighted by molar-refractivity contribution is -0.119. The van der Waals surface area contributed by atoms with Crippen LogP contribution in [0.4, 0.5) is 0 Å². The number of amides is 1. The lowest BCUT2D eigenvalue weighted by Gasteiger charge is -2.27. The third-order valence-corrected chi connectivity index (χ3v) is 2.43. The predicted octanol–water partition coefficient (Wildman–Crippen LogP) is 2.19. The van der Waals surface area contributed by atoms with Crippen molar-refractivity contribution in [3.05, 3.63) is 0 Å². The second-order valence-electron chi connectivity index (χ2n) is 4.54. The summed E-state index contributed by atoms with van der Waals surface area (Å²) in [4.78, 5) is 10.6. The molecule has 1 atom stereocenters. The molecule has 0 spiro atoms. The Balaban J connectivity index is 3.58. The van der Waals surface area contributed by atoms with Crippen LogP contribution in [0.15, 0.2) is 0 Å². The van der Waals surface area contributed by atoms with Gasteiger partial charge in [-0.3, -0.25) is 4.79 Å². The Morgan fingerprint density at radius 1 is 1.42 bits per heavy atom. The maximum absolute atomic E-state index is 10.6. The molecule has 0 unspecified atom stereocenters. The van der Waals surface area contributed by atoms with Crippen LogP contribution >= 0.6 is 0 Å². The molecule has 0 aromatic heterocycles. The molecule has 1 N–H and O–H groups in total. The highest BCUT2D eigenvalue weighted by atomic mass is 16.1. The van der Waals surface area contributed by atoms with E-state index in [0.717, 1.165) is 13.0 Å². The van der Waals surface area contributed by atoms with Crippen molar-refractivity contribution in [1.29, 1.82) is 0 Å². The molecular formula is C10H21NO. The quantitative estimate of drug-likeness (QED) is 0.693. The van der Waals surface area contributed by atoms with Gasteiger partial charge in [0.15, 0.2) is 0 Å². The molecular weight excluding hydrogens is 150 g/mol. The van der Waals surface area contributed by atoms with E-state index in [1.165, 1.54) is 0 Å². The van der Waals surface area contributed by atoms with Gasteiger partial charge in [-0.25, -0.2) is 0 Å². The molecule has 0 bridgehead atoms. The van der Waals surface area contributed by atoms with Gasteiger partial charge < -0.3 is 5.32 Å². The van der Waals surface area contributed by atoms with Gasteiger partial charge in [-0.05, 0) is 17.8 Å². The molecule has 0 aliphatic heterocycles. The normalized spacial score (nSPS) is 14.1. The molecule has 0 saturated heterocycles. The summed E-state index contributed by atoms with van der Waals surface area (Å²) in [7, 11) is 0. The van der Waals surface area contributed by atoms with Crippen LogP contribution in [0.25, 0.3) is 0 Å². The second kappa shape index (κ2) is 4.48.